The number of aryl methyl sites for hydroxylation is 1. The van der Waals surface area contributed by atoms with Gasteiger partial charge in [0.1, 0.15) is 47.7 Å². The summed E-state index contributed by atoms with van der Waals surface area (Å²) in [6.07, 6.45) is 0.0220. The third-order valence-electron chi connectivity index (χ3n) is 9.47. The zero-order valence-corrected chi connectivity index (χ0v) is 30.7. The van der Waals surface area contributed by atoms with E-state index < -0.39 is 11.7 Å². The van der Waals surface area contributed by atoms with Crippen molar-refractivity contribution in [2.75, 3.05) is 36.8 Å². The molecule has 0 radical (unpaired) electrons. The second kappa shape index (κ2) is 14.8. The maximum absolute atomic E-state index is 15.1. The number of nitrogens with one attached hydrogen (secondary N) is 1. The van der Waals surface area contributed by atoms with E-state index in [1.807, 2.05) is 71.3 Å². The fourth-order valence-electron chi connectivity index (χ4n) is 6.75. The van der Waals surface area contributed by atoms with Crippen molar-refractivity contribution in [1.29, 1.82) is 0 Å². The van der Waals surface area contributed by atoms with Crippen LogP contribution in [0.25, 0.3) is 11.3 Å². The van der Waals surface area contributed by atoms with Crippen molar-refractivity contribution in [2.45, 2.75) is 39.2 Å². The SMILES string of the molecule is COc1ccc(CN(Cc2ccc(OC)cc2)c2cc(C)c(C(F)(F)F)c(-c3cc4c5c(c3Cl)NCN=C5N(C(C)c3cccnc3N)C=CO4)n2)cc1. The largest absolute Gasteiger partial charge is 0.497 e. The molecule has 0 bridgehead atoms. The van der Waals surface area contributed by atoms with E-state index in [4.69, 9.17) is 41.5 Å². The number of methoxy groups -OCH3 is 2. The van der Waals surface area contributed by atoms with Gasteiger partial charge in [-0.3, -0.25) is 0 Å². The summed E-state index contributed by atoms with van der Waals surface area (Å²) in [4.78, 5) is 17.5. The van der Waals surface area contributed by atoms with Crippen molar-refractivity contribution in [3.8, 4) is 28.5 Å². The molecule has 14 heteroatoms. The fourth-order valence-corrected chi connectivity index (χ4v) is 7.05. The highest BCUT2D eigenvalue weighted by molar-refractivity contribution is 6.37. The smallest absolute Gasteiger partial charge is 0.418 e. The number of alkyl halides is 3. The number of aliphatic imine (C=N–C) groups is 1. The second-order valence-electron chi connectivity index (χ2n) is 12.8. The third-order valence-corrected chi connectivity index (χ3v) is 9.86. The topological polar surface area (TPSA) is 110 Å². The molecule has 3 N–H and O–H groups in total. The minimum absolute atomic E-state index is 0.0123. The number of anilines is 3. The molecule has 0 amide bonds. The van der Waals surface area contributed by atoms with E-state index in [1.165, 1.54) is 25.3 Å². The molecule has 4 heterocycles. The second-order valence-corrected chi connectivity index (χ2v) is 13.2. The molecule has 0 fully saturated rings. The lowest BCUT2D eigenvalue weighted by Gasteiger charge is -2.32. The summed E-state index contributed by atoms with van der Waals surface area (Å²) in [5, 5.41) is 3.23. The van der Waals surface area contributed by atoms with Crippen LogP contribution in [0.2, 0.25) is 5.02 Å². The van der Waals surface area contributed by atoms with Crippen LogP contribution >= 0.6 is 11.6 Å². The third kappa shape index (κ3) is 7.06. The van der Waals surface area contributed by atoms with Crippen molar-refractivity contribution in [2.24, 2.45) is 4.99 Å². The molecule has 0 saturated heterocycles. The maximum atomic E-state index is 15.1. The van der Waals surface area contributed by atoms with Gasteiger partial charge in [0.25, 0.3) is 0 Å². The number of hydrogen-bond acceptors (Lipinski definition) is 10. The normalized spacial score (nSPS) is 13.9. The van der Waals surface area contributed by atoms with Crippen LogP contribution in [-0.4, -0.2) is 41.6 Å². The van der Waals surface area contributed by atoms with Gasteiger partial charge in [-0.1, -0.05) is 41.9 Å². The van der Waals surface area contributed by atoms with Gasteiger partial charge < -0.3 is 35.1 Å². The first-order valence-corrected chi connectivity index (χ1v) is 17.4. The lowest BCUT2D eigenvalue weighted by Crippen LogP contribution is -2.33. The van der Waals surface area contributed by atoms with Crippen LogP contribution in [0.5, 0.6) is 17.2 Å². The molecule has 0 spiro atoms. The van der Waals surface area contributed by atoms with Crippen molar-refractivity contribution < 1.29 is 27.4 Å². The van der Waals surface area contributed by atoms with Gasteiger partial charge in [0, 0.05) is 36.6 Å². The van der Waals surface area contributed by atoms with Gasteiger partial charge in [-0.25, -0.2) is 15.0 Å². The van der Waals surface area contributed by atoms with Crippen molar-refractivity contribution in [3.63, 3.8) is 0 Å². The van der Waals surface area contributed by atoms with Crippen LogP contribution in [-0.2, 0) is 19.3 Å². The molecule has 2 aliphatic rings. The summed E-state index contributed by atoms with van der Waals surface area (Å²) in [5.74, 6) is 2.83. The van der Waals surface area contributed by atoms with E-state index in [0.29, 0.717) is 53.3 Å². The van der Waals surface area contributed by atoms with Gasteiger partial charge in [0.2, 0.25) is 0 Å². The van der Waals surface area contributed by atoms with Crippen LogP contribution in [0.15, 0.2) is 96.4 Å². The Bertz CT molecular complexity index is 2200. The Labute approximate surface area is 315 Å². The highest BCUT2D eigenvalue weighted by Gasteiger charge is 2.39. The molecule has 1 unspecified atom stereocenters. The number of nitrogens with two attached hydrogens (primary N) is 1. The van der Waals surface area contributed by atoms with Crippen LogP contribution in [0, 0.1) is 6.92 Å². The van der Waals surface area contributed by atoms with E-state index in [2.05, 4.69) is 10.3 Å². The number of nitrogens with zero attached hydrogens (tertiary/aromatic N) is 5. The Morgan fingerprint density at radius 3 is 2.24 bits per heavy atom. The highest BCUT2D eigenvalue weighted by atomic mass is 35.5. The molecule has 3 aromatic carbocycles. The minimum atomic E-state index is -4.76. The molecule has 7 rings (SSSR count). The summed E-state index contributed by atoms with van der Waals surface area (Å²) in [6, 6.07) is 21.3. The van der Waals surface area contributed by atoms with Gasteiger partial charge in [0.15, 0.2) is 0 Å². The van der Waals surface area contributed by atoms with Gasteiger partial charge in [-0.05, 0) is 73.0 Å². The summed E-state index contributed by atoms with van der Waals surface area (Å²) in [7, 11) is 3.17. The van der Waals surface area contributed by atoms with E-state index in [9.17, 15) is 0 Å². The van der Waals surface area contributed by atoms with Crippen molar-refractivity contribution in [3.05, 3.63) is 130 Å². The van der Waals surface area contributed by atoms with Gasteiger partial charge in [-0.2, -0.15) is 13.2 Å². The number of pyridine rings is 2. The summed E-state index contributed by atoms with van der Waals surface area (Å²) >= 11 is 7.14. The number of ether oxygens (including phenoxy) is 3. The Morgan fingerprint density at radius 2 is 1.65 bits per heavy atom. The molecule has 1 atom stereocenters. The first kappa shape index (κ1) is 36.4. The molecular formula is C40H37ClF3N7O3. The monoisotopic (exact) mass is 755 g/mol. The van der Waals surface area contributed by atoms with Crippen LogP contribution < -0.4 is 30.2 Å². The van der Waals surface area contributed by atoms with Crippen LogP contribution in [0.3, 0.4) is 0 Å². The van der Waals surface area contributed by atoms with E-state index in [-0.39, 0.29) is 40.3 Å². The van der Waals surface area contributed by atoms with Gasteiger partial charge >= 0.3 is 6.18 Å². The predicted octanol–water partition coefficient (Wildman–Crippen LogP) is 8.99. The number of benzene rings is 3. The maximum Gasteiger partial charge on any atom is 0.418 e. The first-order valence-electron chi connectivity index (χ1n) is 17.0. The Balaban J connectivity index is 1.36. The van der Waals surface area contributed by atoms with Crippen LogP contribution in [0.1, 0.15) is 46.3 Å². The zero-order chi connectivity index (χ0) is 38.1. The average Bonchev–Trinajstić information content (AvgIpc) is 3.35. The number of nitrogen functional groups attached to an aromatic ring is 1. The van der Waals surface area contributed by atoms with Crippen molar-refractivity contribution in [1.82, 2.24) is 14.9 Å². The zero-order valence-electron chi connectivity index (χ0n) is 29.9. The molecule has 0 aliphatic carbocycles. The molecule has 5 aromatic rings. The molecule has 54 heavy (non-hydrogen) atoms. The van der Waals surface area contributed by atoms with E-state index in [1.54, 1.807) is 32.7 Å². The standard InChI is InChI=1S/C40H37ClF3N7O3/c1-23-18-32(50(20-25-7-11-27(52-3)12-8-25)21-26-9-13-28(53-4)14-10-26)49-36(34(23)40(42,43)44)30-19-31-33-37(35(30)41)47-22-48-39(33)51(16-17-54-31)24(2)29-6-5-15-46-38(29)45/h5-19,24,47H,20-22H2,1-4H3,(H2,45,46). The van der Waals surface area contributed by atoms with E-state index >= 15 is 13.2 Å². The first-order chi connectivity index (χ1) is 26.0. The fraction of sp³-hybridized carbons (Fsp3) is 0.225. The molecule has 10 nitrogen and oxygen atoms in total. The molecular weight excluding hydrogens is 719 g/mol. The molecule has 0 saturated carbocycles. The number of aromatic nitrogens is 2. The Hall–Kier alpha value is -5.95. The summed E-state index contributed by atoms with van der Waals surface area (Å²) in [5.41, 5.74) is 8.48. The molecule has 278 valence electrons. The molecule has 2 aromatic heterocycles. The van der Waals surface area contributed by atoms with E-state index in [0.717, 1.165) is 16.7 Å². The van der Waals surface area contributed by atoms with Crippen LogP contribution in [0.4, 0.5) is 30.5 Å². The average molecular weight is 756 g/mol. The Morgan fingerprint density at radius 1 is 1.00 bits per heavy atom. The summed E-state index contributed by atoms with van der Waals surface area (Å²) in [6.45, 7) is 4.16. The lowest BCUT2D eigenvalue weighted by molar-refractivity contribution is -0.137. The minimum Gasteiger partial charge on any atom is -0.497 e. The lowest BCUT2D eigenvalue weighted by atomic mass is 9.96. The highest BCUT2D eigenvalue weighted by Crippen LogP contribution is 2.49. The molecule has 2 aliphatic heterocycles. The number of halogens is 4. The Kier molecular flexibility index (Phi) is 9.99. The number of rotatable bonds is 10. The summed E-state index contributed by atoms with van der Waals surface area (Å²) < 4.78 is 62.0. The quantitative estimate of drug-likeness (QED) is 0.144. The number of hydrogen-bond donors (Lipinski definition) is 2. The van der Waals surface area contributed by atoms with Crippen molar-refractivity contribution >= 4 is 34.8 Å². The van der Waals surface area contributed by atoms with Gasteiger partial charge in [-0.15, -0.1) is 0 Å². The van der Waals surface area contributed by atoms with Gasteiger partial charge in [0.05, 0.1) is 47.8 Å². The number of amidine groups is 1. The predicted molar refractivity (Wildman–Crippen MR) is 204 cm³/mol.